The van der Waals surface area contributed by atoms with Crippen LogP contribution >= 0.6 is 0 Å². The first-order valence-corrected chi connectivity index (χ1v) is 6.65. The molecule has 0 bridgehead atoms. The molecule has 0 spiro atoms. The van der Waals surface area contributed by atoms with Crippen LogP contribution in [0.15, 0.2) is 41.5 Å². The second kappa shape index (κ2) is 7.70. The molecule has 1 aromatic rings. The second-order valence-electron chi connectivity index (χ2n) is 4.55. The Kier molecular flexibility index (Phi) is 6.20. The molecule has 0 radical (unpaired) electrons. The van der Waals surface area contributed by atoms with Gasteiger partial charge in [-0.05, 0) is 31.9 Å². The summed E-state index contributed by atoms with van der Waals surface area (Å²) in [7, 11) is 2.06. The summed E-state index contributed by atoms with van der Waals surface area (Å²) in [6, 6.07) is 8.36. The van der Waals surface area contributed by atoms with Gasteiger partial charge in [-0.25, -0.2) is 4.99 Å². The Hall–Kier alpha value is -1.57. The Bertz CT molecular complexity index is 419. The van der Waals surface area contributed by atoms with Gasteiger partial charge in [-0.3, -0.25) is 0 Å². The van der Waals surface area contributed by atoms with E-state index < -0.39 is 0 Å². The standard InChI is InChI=1S/C16H24N2/c1-5-6-7-10-13-17-15(3)18(4)16-12-9-8-11-14(16)2/h8-13H,5-7H2,1-4H3/b13-10-,17-15?. The molecule has 0 aromatic heterocycles. The molecular formula is C16H24N2. The van der Waals surface area contributed by atoms with Crippen molar-refractivity contribution in [3.8, 4) is 0 Å². The SMILES string of the molecule is CCCC/C=C\N=C(C)N(C)c1ccccc1C. The molecule has 2 heteroatoms. The van der Waals surface area contributed by atoms with Gasteiger partial charge >= 0.3 is 0 Å². The number of hydrogen-bond donors (Lipinski definition) is 0. The summed E-state index contributed by atoms with van der Waals surface area (Å²) in [6.07, 6.45) is 7.63. The topological polar surface area (TPSA) is 15.6 Å². The van der Waals surface area contributed by atoms with Crippen LogP contribution < -0.4 is 4.90 Å². The van der Waals surface area contributed by atoms with Crippen LogP contribution in [0.5, 0.6) is 0 Å². The van der Waals surface area contributed by atoms with Gasteiger partial charge < -0.3 is 4.90 Å². The number of amidine groups is 1. The first-order valence-electron chi connectivity index (χ1n) is 6.65. The van der Waals surface area contributed by atoms with Crippen molar-refractivity contribution >= 4 is 11.5 Å². The van der Waals surface area contributed by atoms with E-state index in [9.17, 15) is 0 Å². The van der Waals surface area contributed by atoms with Gasteiger partial charge in [0.1, 0.15) is 5.84 Å². The van der Waals surface area contributed by atoms with Crippen molar-refractivity contribution in [3.05, 3.63) is 42.1 Å². The molecule has 0 unspecified atom stereocenters. The molecule has 1 rings (SSSR count). The molecule has 98 valence electrons. The van der Waals surface area contributed by atoms with Gasteiger partial charge in [-0.2, -0.15) is 0 Å². The van der Waals surface area contributed by atoms with Crippen molar-refractivity contribution in [2.24, 2.45) is 4.99 Å². The largest absolute Gasteiger partial charge is 0.333 e. The Morgan fingerprint density at radius 3 is 2.72 bits per heavy atom. The van der Waals surface area contributed by atoms with Crippen LogP contribution in [0.3, 0.4) is 0 Å². The lowest BCUT2D eigenvalue weighted by Gasteiger charge is -2.20. The van der Waals surface area contributed by atoms with Crippen LogP contribution in [-0.2, 0) is 0 Å². The molecule has 0 aliphatic heterocycles. The number of aliphatic imine (C=N–C) groups is 1. The number of nitrogens with zero attached hydrogens (tertiary/aromatic N) is 2. The zero-order valence-corrected chi connectivity index (χ0v) is 12.0. The van der Waals surface area contributed by atoms with E-state index in [0.29, 0.717) is 0 Å². The number of aryl methyl sites for hydroxylation is 1. The summed E-state index contributed by atoms with van der Waals surface area (Å²) >= 11 is 0. The number of para-hydroxylation sites is 1. The number of hydrogen-bond acceptors (Lipinski definition) is 1. The second-order valence-corrected chi connectivity index (χ2v) is 4.55. The molecule has 0 N–H and O–H groups in total. The summed E-state index contributed by atoms with van der Waals surface area (Å²) < 4.78 is 0. The lowest BCUT2D eigenvalue weighted by Crippen LogP contribution is -2.23. The maximum atomic E-state index is 4.48. The van der Waals surface area contributed by atoms with Gasteiger partial charge in [-0.1, -0.05) is 44.0 Å². The summed E-state index contributed by atoms with van der Waals surface area (Å²) in [5.41, 5.74) is 2.48. The molecule has 0 heterocycles. The fourth-order valence-corrected chi connectivity index (χ4v) is 1.76. The van der Waals surface area contributed by atoms with E-state index in [-0.39, 0.29) is 0 Å². The molecule has 0 amide bonds. The predicted octanol–water partition coefficient (Wildman–Crippen LogP) is 4.55. The molecule has 0 saturated heterocycles. The predicted molar refractivity (Wildman–Crippen MR) is 81.4 cm³/mol. The van der Waals surface area contributed by atoms with Crippen LogP contribution in [-0.4, -0.2) is 12.9 Å². The van der Waals surface area contributed by atoms with Gasteiger partial charge in [0, 0.05) is 18.9 Å². The maximum absolute atomic E-state index is 4.48. The molecule has 0 saturated carbocycles. The third-order valence-electron chi connectivity index (χ3n) is 3.05. The molecular weight excluding hydrogens is 220 g/mol. The number of allylic oxidation sites excluding steroid dienone is 1. The molecule has 0 fully saturated rings. The van der Waals surface area contributed by atoms with Crippen LogP contribution in [0, 0.1) is 6.92 Å². The fraction of sp³-hybridized carbons (Fsp3) is 0.438. The molecule has 0 atom stereocenters. The minimum atomic E-state index is 1.01. The highest BCUT2D eigenvalue weighted by atomic mass is 15.2. The highest BCUT2D eigenvalue weighted by molar-refractivity contribution is 5.96. The Balaban J connectivity index is 2.66. The zero-order valence-electron chi connectivity index (χ0n) is 12.0. The summed E-state index contributed by atoms with van der Waals surface area (Å²) in [5, 5.41) is 0. The molecule has 0 aliphatic rings. The average molecular weight is 244 g/mol. The Morgan fingerprint density at radius 1 is 1.33 bits per heavy atom. The van der Waals surface area contributed by atoms with Gasteiger partial charge in [0.2, 0.25) is 0 Å². The average Bonchev–Trinajstić information content (AvgIpc) is 2.38. The van der Waals surface area contributed by atoms with Crippen molar-refractivity contribution in [3.63, 3.8) is 0 Å². The minimum Gasteiger partial charge on any atom is -0.333 e. The number of unbranched alkanes of at least 4 members (excludes halogenated alkanes) is 2. The van der Waals surface area contributed by atoms with Crippen molar-refractivity contribution in [1.82, 2.24) is 0 Å². The number of anilines is 1. The van der Waals surface area contributed by atoms with E-state index in [1.54, 1.807) is 0 Å². The van der Waals surface area contributed by atoms with Crippen molar-refractivity contribution in [1.29, 1.82) is 0 Å². The van der Waals surface area contributed by atoms with Crippen LogP contribution in [0.25, 0.3) is 0 Å². The molecule has 18 heavy (non-hydrogen) atoms. The summed E-state index contributed by atoms with van der Waals surface area (Å²) in [5.74, 6) is 1.01. The quantitative estimate of drug-likeness (QED) is 0.421. The zero-order chi connectivity index (χ0) is 13.4. The number of benzene rings is 1. The van der Waals surface area contributed by atoms with Gasteiger partial charge in [0.05, 0.1) is 0 Å². The third kappa shape index (κ3) is 4.36. The van der Waals surface area contributed by atoms with Crippen molar-refractivity contribution in [2.45, 2.75) is 40.0 Å². The van der Waals surface area contributed by atoms with E-state index in [0.717, 1.165) is 12.3 Å². The van der Waals surface area contributed by atoms with E-state index >= 15 is 0 Å². The smallest absolute Gasteiger partial charge is 0.105 e. The van der Waals surface area contributed by atoms with Crippen LogP contribution in [0.1, 0.15) is 38.7 Å². The van der Waals surface area contributed by atoms with E-state index in [4.69, 9.17) is 0 Å². The molecule has 0 aliphatic carbocycles. The fourth-order valence-electron chi connectivity index (χ4n) is 1.76. The first kappa shape index (κ1) is 14.5. The van der Waals surface area contributed by atoms with Gasteiger partial charge in [0.15, 0.2) is 0 Å². The molecule has 2 nitrogen and oxygen atoms in total. The van der Waals surface area contributed by atoms with E-state index in [1.165, 1.54) is 24.1 Å². The summed E-state index contributed by atoms with van der Waals surface area (Å²) in [6.45, 7) is 6.36. The van der Waals surface area contributed by atoms with Gasteiger partial charge in [0.25, 0.3) is 0 Å². The lowest BCUT2D eigenvalue weighted by atomic mass is 10.2. The molecule has 1 aromatic carbocycles. The van der Waals surface area contributed by atoms with Crippen molar-refractivity contribution < 1.29 is 0 Å². The maximum Gasteiger partial charge on any atom is 0.105 e. The Morgan fingerprint density at radius 2 is 2.06 bits per heavy atom. The monoisotopic (exact) mass is 244 g/mol. The Labute approximate surface area is 111 Å². The van der Waals surface area contributed by atoms with Crippen LogP contribution in [0.4, 0.5) is 5.69 Å². The normalized spacial score (nSPS) is 12.1. The minimum absolute atomic E-state index is 1.01. The third-order valence-corrected chi connectivity index (χ3v) is 3.05. The van der Waals surface area contributed by atoms with Gasteiger partial charge in [-0.15, -0.1) is 0 Å². The van der Waals surface area contributed by atoms with E-state index in [1.807, 2.05) is 13.1 Å². The van der Waals surface area contributed by atoms with Crippen molar-refractivity contribution in [2.75, 3.05) is 11.9 Å². The first-order chi connectivity index (χ1) is 8.66. The lowest BCUT2D eigenvalue weighted by molar-refractivity contribution is 0.814. The van der Waals surface area contributed by atoms with Crippen LogP contribution in [0.2, 0.25) is 0 Å². The number of rotatable bonds is 5. The summed E-state index contributed by atoms with van der Waals surface area (Å²) in [4.78, 5) is 6.60. The highest BCUT2D eigenvalue weighted by Gasteiger charge is 2.05. The van der Waals surface area contributed by atoms with E-state index in [2.05, 4.69) is 61.1 Å². The highest BCUT2D eigenvalue weighted by Crippen LogP contribution is 2.18.